The number of nitrogens with zero attached hydrogens (tertiary/aromatic N) is 2. The Labute approximate surface area is 117 Å². The summed E-state index contributed by atoms with van der Waals surface area (Å²) in [6, 6.07) is 4.79. The predicted octanol–water partition coefficient (Wildman–Crippen LogP) is 3.52. The fourth-order valence-corrected chi connectivity index (χ4v) is 3.05. The number of pyridine rings is 1. The number of rotatable bonds is 5. The van der Waals surface area contributed by atoms with Crippen LogP contribution in [0, 0.1) is 0 Å². The van der Waals surface area contributed by atoms with Gasteiger partial charge in [-0.05, 0) is 51.8 Å². The average molecular weight is 261 g/mol. The highest BCUT2D eigenvalue weighted by atomic mass is 15.2. The standard InChI is InChI=1S/C16H27N3/c1-5-14(17-6-2)15-9-8-13(12-18-15)19-11-7-10-16(19,3)4/h8-9,12,14,17H,5-7,10-11H2,1-4H3. The molecule has 19 heavy (non-hydrogen) atoms. The van der Waals surface area contributed by atoms with Gasteiger partial charge in [-0.25, -0.2) is 0 Å². The zero-order valence-corrected chi connectivity index (χ0v) is 12.7. The van der Waals surface area contributed by atoms with Crippen LogP contribution in [0.4, 0.5) is 5.69 Å². The van der Waals surface area contributed by atoms with Crippen LogP contribution in [-0.4, -0.2) is 23.6 Å². The summed E-state index contributed by atoms with van der Waals surface area (Å²) in [5, 5.41) is 3.48. The molecule has 1 N–H and O–H groups in total. The summed E-state index contributed by atoms with van der Waals surface area (Å²) >= 11 is 0. The lowest BCUT2D eigenvalue weighted by atomic mass is 10.0. The molecule has 2 heterocycles. The zero-order valence-electron chi connectivity index (χ0n) is 12.7. The van der Waals surface area contributed by atoms with Gasteiger partial charge in [0.25, 0.3) is 0 Å². The predicted molar refractivity (Wildman–Crippen MR) is 81.6 cm³/mol. The van der Waals surface area contributed by atoms with Crippen molar-refractivity contribution in [2.75, 3.05) is 18.0 Å². The van der Waals surface area contributed by atoms with E-state index < -0.39 is 0 Å². The van der Waals surface area contributed by atoms with Crippen molar-refractivity contribution in [2.45, 2.75) is 58.5 Å². The molecule has 1 aliphatic rings. The van der Waals surface area contributed by atoms with Crippen LogP contribution in [0.5, 0.6) is 0 Å². The van der Waals surface area contributed by atoms with Gasteiger partial charge in [0.2, 0.25) is 0 Å². The molecule has 0 amide bonds. The van der Waals surface area contributed by atoms with Crippen molar-refractivity contribution < 1.29 is 0 Å². The zero-order chi connectivity index (χ0) is 13.9. The van der Waals surface area contributed by atoms with E-state index in [2.05, 4.69) is 55.0 Å². The summed E-state index contributed by atoms with van der Waals surface area (Å²) in [6.07, 6.45) is 5.67. The van der Waals surface area contributed by atoms with E-state index in [0.29, 0.717) is 6.04 Å². The van der Waals surface area contributed by atoms with E-state index in [1.165, 1.54) is 18.5 Å². The normalized spacial score (nSPS) is 19.7. The quantitative estimate of drug-likeness (QED) is 0.879. The second kappa shape index (κ2) is 5.91. The Morgan fingerprint density at radius 2 is 2.16 bits per heavy atom. The van der Waals surface area contributed by atoms with E-state index >= 15 is 0 Å². The summed E-state index contributed by atoms with van der Waals surface area (Å²) < 4.78 is 0. The molecule has 1 aromatic rings. The van der Waals surface area contributed by atoms with E-state index in [0.717, 1.165) is 25.2 Å². The molecule has 3 heteroatoms. The summed E-state index contributed by atoms with van der Waals surface area (Å²) in [5.41, 5.74) is 2.69. The SMILES string of the molecule is CCNC(CC)c1ccc(N2CCCC2(C)C)cn1. The van der Waals surface area contributed by atoms with Gasteiger partial charge in [-0.1, -0.05) is 13.8 Å². The third-order valence-corrected chi connectivity index (χ3v) is 4.20. The molecule has 0 aliphatic carbocycles. The molecular weight excluding hydrogens is 234 g/mol. The summed E-state index contributed by atoms with van der Waals surface area (Å²) in [6.45, 7) is 11.1. The largest absolute Gasteiger partial charge is 0.365 e. The molecule has 0 saturated carbocycles. The van der Waals surface area contributed by atoms with Gasteiger partial charge in [0.15, 0.2) is 0 Å². The van der Waals surface area contributed by atoms with Crippen molar-refractivity contribution in [1.29, 1.82) is 0 Å². The molecule has 0 bridgehead atoms. The Hall–Kier alpha value is -1.09. The molecule has 3 nitrogen and oxygen atoms in total. The van der Waals surface area contributed by atoms with E-state index in [1.54, 1.807) is 0 Å². The Morgan fingerprint density at radius 1 is 1.37 bits per heavy atom. The van der Waals surface area contributed by atoms with E-state index in [9.17, 15) is 0 Å². The highest BCUT2D eigenvalue weighted by molar-refractivity contribution is 5.48. The highest BCUT2D eigenvalue weighted by Gasteiger charge is 2.32. The molecule has 0 aromatic carbocycles. The number of hydrogen-bond donors (Lipinski definition) is 1. The Morgan fingerprint density at radius 3 is 2.63 bits per heavy atom. The van der Waals surface area contributed by atoms with Gasteiger partial charge in [0.05, 0.1) is 17.6 Å². The molecule has 106 valence electrons. The van der Waals surface area contributed by atoms with E-state index in [1.807, 2.05) is 6.20 Å². The molecule has 1 unspecified atom stereocenters. The van der Waals surface area contributed by atoms with Crippen molar-refractivity contribution in [3.05, 3.63) is 24.0 Å². The second-order valence-electron chi connectivity index (χ2n) is 6.03. The second-order valence-corrected chi connectivity index (χ2v) is 6.03. The molecule has 0 spiro atoms. The fraction of sp³-hybridized carbons (Fsp3) is 0.688. The first-order valence-electron chi connectivity index (χ1n) is 7.55. The number of nitrogens with one attached hydrogen (secondary N) is 1. The minimum Gasteiger partial charge on any atom is -0.365 e. The van der Waals surface area contributed by atoms with Crippen molar-refractivity contribution in [2.24, 2.45) is 0 Å². The number of hydrogen-bond acceptors (Lipinski definition) is 3. The minimum atomic E-state index is 0.273. The third kappa shape index (κ3) is 3.08. The van der Waals surface area contributed by atoms with Gasteiger partial charge >= 0.3 is 0 Å². The highest BCUT2D eigenvalue weighted by Crippen LogP contribution is 2.33. The van der Waals surface area contributed by atoms with Crippen LogP contribution in [0.3, 0.4) is 0 Å². The van der Waals surface area contributed by atoms with E-state index in [4.69, 9.17) is 0 Å². The van der Waals surface area contributed by atoms with Crippen molar-refractivity contribution in [3.63, 3.8) is 0 Å². The summed E-state index contributed by atoms with van der Waals surface area (Å²) in [5.74, 6) is 0. The van der Waals surface area contributed by atoms with Crippen LogP contribution < -0.4 is 10.2 Å². The van der Waals surface area contributed by atoms with Crippen LogP contribution in [-0.2, 0) is 0 Å². The van der Waals surface area contributed by atoms with Gasteiger partial charge in [-0.2, -0.15) is 0 Å². The van der Waals surface area contributed by atoms with Crippen LogP contribution in [0.25, 0.3) is 0 Å². The van der Waals surface area contributed by atoms with Crippen molar-refractivity contribution >= 4 is 5.69 Å². The van der Waals surface area contributed by atoms with Gasteiger partial charge in [-0.3, -0.25) is 4.98 Å². The van der Waals surface area contributed by atoms with E-state index in [-0.39, 0.29) is 5.54 Å². The molecule has 1 atom stereocenters. The number of aromatic nitrogens is 1. The first-order chi connectivity index (χ1) is 9.08. The molecule has 1 aliphatic heterocycles. The van der Waals surface area contributed by atoms with Gasteiger partial charge in [0, 0.05) is 18.1 Å². The first kappa shape index (κ1) is 14.3. The monoisotopic (exact) mass is 261 g/mol. The fourth-order valence-electron chi connectivity index (χ4n) is 3.05. The molecule has 1 aromatic heterocycles. The van der Waals surface area contributed by atoms with Crippen LogP contribution in [0.15, 0.2) is 18.3 Å². The van der Waals surface area contributed by atoms with Gasteiger partial charge < -0.3 is 10.2 Å². The van der Waals surface area contributed by atoms with Crippen LogP contribution in [0.2, 0.25) is 0 Å². The lowest BCUT2D eigenvalue weighted by molar-refractivity contribution is 0.514. The van der Waals surface area contributed by atoms with Crippen LogP contribution in [0.1, 0.15) is 58.7 Å². The molecular formula is C16H27N3. The molecule has 0 radical (unpaired) electrons. The van der Waals surface area contributed by atoms with Gasteiger partial charge in [-0.15, -0.1) is 0 Å². The first-order valence-corrected chi connectivity index (χ1v) is 7.55. The average Bonchev–Trinajstić information content (AvgIpc) is 2.76. The van der Waals surface area contributed by atoms with Gasteiger partial charge in [0.1, 0.15) is 0 Å². The summed E-state index contributed by atoms with van der Waals surface area (Å²) in [4.78, 5) is 7.16. The number of anilines is 1. The smallest absolute Gasteiger partial charge is 0.0574 e. The Bertz CT molecular complexity index is 397. The van der Waals surface area contributed by atoms with Crippen molar-refractivity contribution in [1.82, 2.24) is 10.3 Å². The lowest BCUT2D eigenvalue weighted by Gasteiger charge is -2.33. The topological polar surface area (TPSA) is 28.2 Å². The Kier molecular flexibility index (Phi) is 4.46. The molecule has 2 rings (SSSR count). The maximum Gasteiger partial charge on any atom is 0.0574 e. The Balaban J connectivity index is 2.14. The maximum atomic E-state index is 4.67. The molecule has 1 fully saturated rings. The van der Waals surface area contributed by atoms with Crippen molar-refractivity contribution in [3.8, 4) is 0 Å². The third-order valence-electron chi connectivity index (χ3n) is 4.20. The minimum absolute atomic E-state index is 0.273. The molecule has 1 saturated heterocycles. The lowest BCUT2D eigenvalue weighted by Crippen LogP contribution is -2.38. The summed E-state index contributed by atoms with van der Waals surface area (Å²) in [7, 11) is 0. The maximum absolute atomic E-state index is 4.67. The van der Waals surface area contributed by atoms with Crippen LogP contribution >= 0.6 is 0 Å².